The summed E-state index contributed by atoms with van der Waals surface area (Å²) >= 11 is 1.73. The Morgan fingerprint density at radius 3 is 2.93 bits per heavy atom. The summed E-state index contributed by atoms with van der Waals surface area (Å²) in [7, 11) is 1.73. The number of fused-ring (bicyclic) bond motifs is 1. The molecule has 1 atom stereocenters. The third kappa shape index (κ3) is 2.01. The molecule has 0 N–H and O–H groups in total. The number of rotatable bonds is 3. The van der Waals surface area contributed by atoms with Gasteiger partial charge in [-0.3, -0.25) is 0 Å². The van der Waals surface area contributed by atoms with Gasteiger partial charge < -0.3 is 4.74 Å². The van der Waals surface area contributed by atoms with E-state index in [1.54, 1.807) is 24.8 Å². The molecule has 0 spiro atoms. The van der Waals surface area contributed by atoms with Crippen LogP contribution >= 0.6 is 11.3 Å². The quantitative estimate of drug-likeness (QED) is 0.801. The van der Waals surface area contributed by atoms with E-state index >= 15 is 0 Å². The van der Waals surface area contributed by atoms with Crippen LogP contribution < -0.4 is 0 Å². The Morgan fingerprint density at radius 1 is 1.47 bits per heavy atom. The SMILES string of the molecule is COC[C@H](C)c1cc2c(C)ncnc2s1. The summed E-state index contributed by atoms with van der Waals surface area (Å²) in [5.74, 6) is 0.425. The van der Waals surface area contributed by atoms with E-state index in [-0.39, 0.29) is 0 Å². The normalized spacial score (nSPS) is 13.3. The molecule has 3 nitrogen and oxygen atoms in total. The Morgan fingerprint density at radius 2 is 2.27 bits per heavy atom. The fourth-order valence-corrected chi connectivity index (χ4v) is 2.65. The van der Waals surface area contributed by atoms with Gasteiger partial charge >= 0.3 is 0 Å². The van der Waals surface area contributed by atoms with Crippen LogP contribution in [0.5, 0.6) is 0 Å². The molecule has 4 heteroatoms. The number of aromatic nitrogens is 2. The van der Waals surface area contributed by atoms with Crippen LogP contribution in [0.3, 0.4) is 0 Å². The van der Waals surface area contributed by atoms with Crippen molar-refractivity contribution in [2.75, 3.05) is 13.7 Å². The first-order valence-electron chi connectivity index (χ1n) is 4.92. The standard InChI is InChI=1S/C11H14N2OS/c1-7(5-14-3)10-4-9-8(2)12-6-13-11(9)15-10/h4,6-7H,5H2,1-3H3/t7-/m0/s1. The highest BCUT2D eigenvalue weighted by atomic mass is 32.1. The van der Waals surface area contributed by atoms with Gasteiger partial charge in [0.2, 0.25) is 0 Å². The Bertz CT molecular complexity index is 467. The lowest BCUT2D eigenvalue weighted by molar-refractivity contribution is 0.185. The molecule has 0 saturated heterocycles. The van der Waals surface area contributed by atoms with Crippen LogP contribution in [0.4, 0.5) is 0 Å². The van der Waals surface area contributed by atoms with Crippen molar-refractivity contribution in [2.24, 2.45) is 0 Å². The summed E-state index contributed by atoms with van der Waals surface area (Å²) in [6.45, 7) is 4.93. The number of hydrogen-bond donors (Lipinski definition) is 0. The highest BCUT2D eigenvalue weighted by Crippen LogP contribution is 2.30. The van der Waals surface area contributed by atoms with Crippen molar-refractivity contribution in [3.8, 4) is 0 Å². The monoisotopic (exact) mass is 222 g/mol. The van der Waals surface area contributed by atoms with Gasteiger partial charge in [0.1, 0.15) is 11.2 Å². The lowest BCUT2D eigenvalue weighted by Crippen LogP contribution is -1.98. The molecular formula is C11H14N2OS. The molecule has 2 heterocycles. The zero-order valence-corrected chi connectivity index (χ0v) is 9.97. The number of nitrogens with zero attached hydrogens (tertiary/aromatic N) is 2. The second kappa shape index (κ2) is 4.24. The fourth-order valence-electron chi connectivity index (χ4n) is 1.57. The Kier molecular flexibility index (Phi) is 2.98. The van der Waals surface area contributed by atoms with Crippen LogP contribution in [0, 0.1) is 6.92 Å². The summed E-state index contributed by atoms with van der Waals surface area (Å²) in [4.78, 5) is 10.8. The molecule has 0 aliphatic heterocycles. The van der Waals surface area contributed by atoms with Crippen molar-refractivity contribution < 1.29 is 4.74 Å². The Labute approximate surface area is 93.1 Å². The first-order valence-corrected chi connectivity index (χ1v) is 5.74. The second-order valence-electron chi connectivity index (χ2n) is 3.68. The minimum Gasteiger partial charge on any atom is -0.384 e. The topological polar surface area (TPSA) is 35.0 Å². The molecule has 0 aromatic carbocycles. The van der Waals surface area contributed by atoms with Crippen LogP contribution in [-0.4, -0.2) is 23.7 Å². The van der Waals surface area contributed by atoms with E-state index < -0.39 is 0 Å². The van der Waals surface area contributed by atoms with E-state index in [9.17, 15) is 0 Å². The van der Waals surface area contributed by atoms with Crippen molar-refractivity contribution >= 4 is 21.6 Å². The first kappa shape index (κ1) is 10.5. The molecule has 0 saturated carbocycles. The molecule has 0 radical (unpaired) electrons. The molecule has 2 aromatic rings. The molecule has 2 aromatic heterocycles. The summed E-state index contributed by atoms with van der Waals surface area (Å²) in [6.07, 6.45) is 1.62. The maximum absolute atomic E-state index is 5.15. The van der Waals surface area contributed by atoms with E-state index in [4.69, 9.17) is 4.74 Å². The number of hydrogen-bond acceptors (Lipinski definition) is 4. The number of aryl methyl sites for hydroxylation is 1. The van der Waals surface area contributed by atoms with Crippen molar-refractivity contribution in [2.45, 2.75) is 19.8 Å². The molecule has 0 bridgehead atoms. The molecular weight excluding hydrogens is 208 g/mol. The van der Waals surface area contributed by atoms with Gasteiger partial charge in [0.25, 0.3) is 0 Å². The molecule has 15 heavy (non-hydrogen) atoms. The molecule has 0 aliphatic carbocycles. The van der Waals surface area contributed by atoms with Crippen LogP contribution in [0.25, 0.3) is 10.2 Å². The van der Waals surface area contributed by atoms with E-state index in [1.807, 2.05) is 6.92 Å². The van der Waals surface area contributed by atoms with Gasteiger partial charge in [-0.25, -0.2) is 9.97 Å². The van der Waals surface area contributed by atoms with Crippen LogP contribution in [0.1, 0.15) is 23.4 Å². The maximum atomic E-state index is 5.15. The van der Waals surface area contributed by atoms with Gasteiger partial charge in [-0.1, -0.05) is 6.92 Å². The largest absolute Gasteiger partial charge is 0.384 e. The smallest absolute Gasteiger partial charge is 0.127 e. The number of ether oxygens (including phenoxy) is 1. The van der Waals surface area contributed by atoms with E-state index in [1.165, 1.54) is 10.3 Å². The minimum absolute atomic E-state index is 0.425. The summed E-state index contributed by atoms with van der Waals surface area (Å²) < 4.78 is 5.15. The Balaban J connectivity index is 2.43. The van der Waals surface area contributed by atoms with E-state index in [2.05, 4.69) is 23.0 Å². The number of thiophene rings is 1. The van der Waals surface area contributed by atoms with Crippen molar-refractivity contribution in [3.63, 3.8) is 0 Å². The van der Waals surface area contributed by atoms with Crippen LogP contribution in [0.2, 0.25) is 0 Å². The Hall–Kier alpha value is -1.00. The van der Waals surface area contributed by atoms with Crippen molar-refractivity contribution in [3.05, 3.63) is 23.0 Å². The molecule has 0 fully saturated rings. The average Bonchev–Trinajstić information content (AvgIpc) is 2.63. The van der Waals surface area contributed by atoms with Crippen LogP contribution in [-0.2, 0) is 4.74 Å². The average molecular weight is 222 g/mol. The van der Waals surface area contributed by atoms with Crippen molar-refractivity contribution in [1.82, 2.24) is 9.97 Å². The molecule has 2 rings (SSSR count). The van der Waals surface area contributed by atoms with Gasteiger partial charge in [-0.15, -0.1) is 11.3 Å². The third-order valence-corrected chi connectivity index (χ3v) is 3.72. The lowest BCUT2D eigenvalue weighted by atomic mass is 10.1. The summed E-state index contributed by atoms with van der Waals surface area (Å²) in [5, 5.41) is 1.17. The van der Waals surface area contributed by atoms with Gasteiger partial charge in [0.15, 0.2) is 0 Å². The van der Waals surface area contributed by atoms with Gasteiger partial charge in [-0.2, -0.15) is 0 Å². The minimum atomic E-state index is 0.425. The number of methoxy groups -OCH3 is 1. The van der Waals surface area contributed by atoms with Crippen molar-refractivity contribution in [1.29, 1.82) is 0 Å². The third-order valence-electron chi connectivity index (χ3n) is 2.45. The molecule has 0 aliphatic rings. The van der Waals surface area contributed by atoms with Crippen LogP contribution in [0.15, 0.2) is 12.4 Å². The summed E-state index contributed by atoms with van der Waals surface area (Å²) in [5.41, 5.74) is 1.05. The predicted octanol–water partition coefficient (Wildman–Crippen LogP) is 2.75. The summed E-state index contributed by atoms with van der Waals surface area (Å²) in [6, 6.07) is 2.18. The molecule has 0 unspecified atom stereocenters. The predicted molar refractivity (Wildman–Crippen MR) is 62.4 cm³/mol. The maximum Gasteiger partial charge on any atom is 0.127 e. The van der Waals surface area contributed by atoms with Gasteiger partial charge in [0, 0.05) is 29.0 Å². The first-order chi connectivity index (χ1) is 7.22. The second-order valence-corrected chi connectivity index (χ2v) is 4.75. The molecule has 0 amide bonds. The lowest BCUT2D eigenvalue weighted by Gasteiger charge is -2.05. The fraction of sp³-hybridized carbons (Fsp3) is 0.455. The van der Waals surface area contributed by atoms with E-state index in [0.717, 1.165) is 17.1 Å². The zero-order chi connectivity index (χ0) is 10.8. The highest BCUT2D eigenvalue weighted by molar-refractivity contribution is 7.18. The highest BCUT2D eigenvalue weighted by Gasteiger charge is 2.11. The zero-order valence-electron chi connectivity index (χ0n) is 9.15. The van der Waals surface area contributed by atoms with Gasteiger partial charge in [0.05, 0.1) is 6.61 Å². The van der Waals surface area contributed by atoms with E-state index in [0.29, 0.717) is 5.92 Å². The van der Waals surface area contributed by atoms with Gasteiger partial charge in [-0.05, 0) is 13.0 Å². The molecule has 80 valence electrons.